The molecule has 1 aromatic carbocycles. The summed E-state index contributed by atoms with van der Waals surface area (Å²) in [5.74, 6) is 0.0373. The summed E-state index contributed by atoms with van der Waals surface area (Å²) in [6, 6.07) is 5.21. The molecule has 1 heterocycles. The third-order valence-electron chi connectivity index (χ3n) is 3.01. The second-order valence-corrected chi connectivity index (χ2v) is 4.51. The average molecular weight is 263 g/mol. The maximum Gasteiger partial charge on any atom is 0.246 e. The van der Waals surface area contributed by atoms with Crippen LogP contribution in [0.4, 0.5) is 5.69 Å². The molecule has 102 valence electrons. The lowest BCUT2D eigenvalue weighted by Gasteiger charge is -2.30. The van der Waals surface area contributed by atoms with Crippen molar-refractivity contribution in [1.29, 1.82) is 0 Å². The van der Waals surface area contributed by atoms with Crippen LogP contribution in [-0.2, 0) is 9.59 Å². The number of rotatable bonds is 3. The smallest absolute Gasteiger partial charge is 0.246 e. The van der Waals surface area contributed by atoms with Gasteiger partial charge in [0.1, 0.15) is 5.75 Å². The summed E-state index contributed by atoms with van der Waals surface area (Å²) in [7, 11) is 1.57. The van der Waals surface area contributed by atoms with E-state index in [0.29, 0.717) is 5.75 Å². The molecule has 1 aromatic rings. The van der Waals surface area contributed by atoms with Crippen molar-refractivity contribution >= 4 is 17.5 Å². The number of carbonyl (C=O) groups excluding carboxylic acids is 2. The molecule has 1 fully saturated rings. The summed E-state index contributed by atoms with van der Waals surface area (Å²) >= 11 is 0. The Morgan fingerprint density at radius 2 is 1.95 bits per heavy atom. The average Bonchev–Trinajstić information content (AvgIpc) is 2.36. The third-order valence-corrected chi connectivity index (χ3v) is 3.01. The quantitative estimate of drug-likeness (QED) is 0.760. The zero-order valence-electron chi connectivity index (χ0n) is 11.0. The number of hydrogen-bond acceptors (Lipinski definition) is 5. The first-order valence-corrected chi connectivity index (χ1v) is 6.03. The van der Waals surface area contributed by atoms with Crippen molar-refractivity contribution < 1.29 is 14.3 Å². The van der Waals surface area contributed by atoms with Gasteiger partial charge in [-0.15, -0.1) is 0 Å². The summed E-state index contributed by atoms with van der Waals surface area (Å²) < 4.78 is 5.30. The van der Waals surface area contributed by atoms with Gasteiger partial charge in [0.2, 0.25) is 11.8 Å². The van der Waals surface area contributed by atoms with E-state index in [1.807, 2.05) is 25.1 Å². The fraction of sp³-hybridized carbons (Fsp3) is 0.385. The predicted octanol–water partition coefficient (Wildman–Crippen LogP) is 0.178. The van der Waals surface area contributed by atoms with Crippen LogP contribution >= 0.6 is 0 Å². The summed E-state index contributed by atoms with van der Waals surface area (Å²) in [5, 5.41) is 2.27. The number of methoxy groups -OCH3 is 1. The third kappa shape index (κ3) is 2.68. The molecule has 1 saturated heterocycles. The molecule has 3 N–H and O–H groups in total. The molecule has 1 atom stereocenters. The lowest BCUT2D eigenvalue weighted by Crippen LogP contribution is -2.51. The number of amides is 2. The summed E-state index contributed by atoms with van der Waals surface area (Å²) in [5.41, 5.74) is 7.53. The van der Waals surface area contributed by atoms with Crippen molar-refractivity contribution in [1.82, 2.24) is 5.32 Å². The van der Waals surface area contributed by atoms with Gasteiger partial charge in [-0.1, -0.05) is 6.07 Å². The Labute approximate surface area is 111 Å². The SMILES string of the molecule is COc1cccc(N2CC(=O)NC(=O)C2)c1[C@@H](C)N. The number of imide groups is 1. The molecule has 0 radical (unpaired) electrons. The molecular formula is C13H17N3O3. The predicted molar refractivity (Wildman–Crippen MR) is 71.0 cm³/mol. The van der Waals surface area contributed by atoms with Crippen molar-refractivity contribution in [3.05, 3.63) is 23.8 Å². The molecule has 0 bridgehead atoms. The monoisotopic (exact) mass is 263 g/mol. The minimum absolute atomic E-state index is 0.138. The zero-order valence-corrected chi connectivity index (χ0v) is 11.0. The van der Waals surface area contributed by atoms with Gasteiger partial charge in [0.05, 0.1) is 20.2 Å². The van der Waals surface area contributed by atoms with Gasteiger partial charge >= 0.3 is 0 Å². The highest BCUT2D eigenvalue weighted by Gasteiger charge is 2.26. The lowest BCUT2D eigenvalue weighted by atomic mass is 10.0. The first kappa shape index (κ1) is 13.4. The van der Waals surface area contributed by atoms with Gasteiger partial charge in [0.15, 0.2) is 0 Å². The van der Waals surface area contributed by atoms with Crippen LogP contribution in [0.1, 0.15) is 18.5 Å². The molecule has 2 amide bonds. The van der Waals surface area contributed by atoms with Crippen molar-refractivity contribution in [2.24, 2.45) is 5.73 Å². The van der Waals surface area contributed by atoms with Crippen LogP contribution in [0.25, 0.3) is 0 Å². The summed E-state index contributed by atoms with van der Waals surface area (Å²) in [6.07, 6.45) is 0. The Bertz CT molecular complexity index is 498. The first-order chi connectivity index (χ1) is 9.02. The Balaban J connectivity index is 2.43. The fourth-order valence-electron chi connectivity index (χ4n) is 2.25. The van der Waals surface area contributed by atoms with E-state index in [1.54, 1.807) is 12.0 Å². The van der Waals surface area contributed by atoms with Crippen molar-refractivity contribution in [2.45, 2.75) is 13.0 Å². The Hall–Kier alpha value is -2.08. The molecule has 19 heavy (non-hydrogen) atoms. The molecule has 0 saturated carbocycles. The molecule has 2 rings (SSSR count). The molecule has 0 aliphatic carbocycles. The number of carbonyl (C=O) groups is 2. The normalized spacial score (nSPS) is 17.1. The Morgan fingerprint density at radius 3 is 2.47 bits per heavy atom. The van der Waals surface area contributed by atoms with E-state index < -0.39 is 0 Å². The maximum atomic E-state index is 11.5. The van der Waals surface area contributed by atoms with Crippen LogP contribution in [0.15, 0.2) is 18.2 Å². The number of benzene rings is 1. The van der Waals surface area contributed by atoms with Gasteiger partial charge in [0, 0.05) is 17.3 Å². The van der Waals surface area contributed by atoms with E-state index in [0.717, 1.165) is 11.3 Å². The van der Waals surface area contributed by atoms with Gasteiger partial charge in [-0.05, 0) is 19.1 Å². The van der Waals surface area contributed by atoms with Crippen molar-refractivity contribution in [3.63, 3.8) is 0 Å². The minimum atomic E-state index is -0.310. The Morgan fingerprint density at radius 1 is 1.32 bits per heavy atom. The van der Waals surface area contributed by atoms with Gasteiger partial charge in [-0.3, -0.25) is 14.9 Å². The number of piperazine rings is 1. The van der Waals surface area contributed by atoms with Crippen LogP contribution < -0.4 is 20.7 Å². The minimum Gasteiger partial charge on any atom is -0.496 e. The molecule has 1 aliphatic heterocycles. The number of anilines is 1. The highest BCUT2D eigenvalue weighted by atomic mass is 16.5. The van der Waals surface area contributed by atoms with Crippen LogP contribution in [-0.4, -0.2) is 32.0 Å². The van der Waals surface area contributed by atoms with Crippen LogP contribution in [0.2, 0.25) is 0 Å². The van der Waals surface area contributed by atoms with Gasteiger partial charge in [0.25, 0.3) is 0 Å². The number of ether oxygens (including phenoxy) is 1. The van der Waals surface area contributed by atoms with Gasteiger partial charge < -0.3 is 15.4 Å². The van der Waals surface area contributed by atoms with Crippen LogP contribution in [0.5, 0.6) is 5.75 Å². The van der Waals surface area contributed by atoms with E-state index in [-0.39, 0.29) is 30.9 Å². The van der Waals surface area contributed by atoms with E-state index in [4.69, 9.17) is 10.5 Å². The van der Waals surface area contributed by atoms with Crippen LogP contribution in [0, 0.1) is 0 Å². The maximum absolute atomic E-state index is 11.5. The van der Waals surface area contributed by atoms with Gasteiger partial charge in [-0.2, -0.15) is 0 Å². The topological polar surface area (TPSA) is 84.7 Å². The highest BCUT2D eigenvalue weighted by molar-refractivity contribution is 6.02. The second-order valence-electron chi connectivity index (χ2n) is 4.51. The molecule has 0 spiro atoms. The number of nitrogens with zero attached hydrogens (tertiary/aromatic N) is 1. The van der Waals surface area contributed by atoms with E-state index in [1.165, 1.54) is 0 Å². The summed E-state index contributed by atoms with van der Waals surface area (Å²) in [4.78, 5) is 24.6. The van der Waals surface area contributed by atoms with E-state index >= 15 is 0 Å². The molecule has 1 aliphatic rings. The molecule has 0 aromatic heterocycles. The van der Waals surface area contributed by atoms with Crippen molar-refractivity contribution in [2.75, 3.05) is 25.1 Å². The first-order valence-electron chi connectivity index (χ1n) is 6.03. The number of nitrogens with one attached hydrogen (secondary N) is 1. The van der Waals surface area contributed by atoms with Crippen LogP contribution in [0.3, 0.4) is 0 Å². The molecular weight excluding hydrogens is 246 g/mol. The Kier molecular flexibility index (Phi) is 3.71. The highest BCUT2D eigenvalue weighted by Crippen LogP contribution is 2.33. The van der Waals surface area contributed by atoms with E-state index in [9.17, 15) is 9.59 Å². The molecule has 6 nitrogen and oxygen atoms in total. The lowest BCUT2D eigenvalue weighted by molar-refractivity contribution is -0.130. The number of hydrogen-bond donors (Lipinski definition) is 2. The molecule has 0 unspecified atom stereocenters. The number of nitrogens with two attached hydrogens (primary N) is 1. The second kappa shape index (κ2) is 5.27. The largest absolute Gasteiger partial charge is 0.496 e. The van der Waals surface area contributed by atoms with E-state index in [2.05, 4.69) is 5.32 Å². The standard InChI is InChI=1S/C13H17N3O3/c1-8(14)13-9(4-3-5-10(13)19-2)16-6-11(17)15-12(18)7-16/h3-5,8H,6-7,14H2,1-2H3,(H,15,17,18)/t8-/m1/s1. The molecule has 6 heteroatoms. The van der Waals surface area contributed by atoms with Crippen molar-refractivity contribution in [3.8, 4) is 5.75 Å². The summed E-state index contributed by atoms with van der Waals surface area (Å²) in [6.45, 7) is 2.12. The zero-order chi connectivity index (χ0) is 14.0. The fourth-order valence-corrected chi connectivity index (χ4v) is 2.25. The van der Waals surface area contributed by atoms with Gasteiger partial charge in [-0.25, -0.2) is 0 Å².